The van der Waals surface area contributed by atoms with Crippen molar-refractivity contribution in [2.45, 2.75) is 64.6 Å². The fourth-order valence-corrected chi connectivity index (χ4v) is 3.66. The molecule has 2 atom stereocenters. The van der Waals surface area contributed by atoms with Crippen molar-refractivity contribution < 1.29 is 10.2 Å². The minimum absolute atomic E-state index is 0.176. The second-order valence-electron chi connectivity index (χ2n) is 4.16. The van der Waals surface area contributed by atoms with E-state index in [-0.39, 0.29) is 12.2 Å². The van der Waals surface area contributed by atoms with Crippen LogP contribution in [0.4, 0.5) is 0 Å². The molecule has 0 aliphatic rings. The molecule has 0 bridgehead atoms. The summed E-state index contributed by atoms with van der Waals surface area (Å²) in [4.78, 5) is 0. The Morgan fingerprint density at radius 1 is 0.812 bits per heavy atom. The molecule has 2 nitrogen and oxygen atoms in total. The lowest BCUT2D eigenvalue weighted by Crippen LogP contribution is -2.11. The van der Waals surface area contributed by atoms with Gasteiger partial charge in [0.05, 0.1) is 12.2 Å². The molecule has 0 aliphatic carbocycles. The number of hydrogen-bond donors (Lipinski definition) is 2. The smallest absolute Gasteiger partial charge is 0.0639 e. The summed E-state index contributed by atoms with van der Waals surface area (Å²) in [6.07, 6.45) is 5.95. The van der Waals surface area contributed by atoms with Crippen LogP contribution in [0.1, 0.15) is 52.4 Å². The number of aliphatic hydroxyl groups is 2. The zero-order valence-corrected chi connectivity index (χ0v) is 12.2. The van der Waals surface area contributed by atoms with Gasteiger partial charge < -0.3 is 10.2 Å². The Kier molecular flexibility index (Phi) is 12.6. The first-order valence-corrected chi connectivity index (χ1v) is 8.80. The lowest BCUT2D eigenvalue weighted by molar-refractivity contribution is 0.185. The average molecular weight is 266 g/mol. The van der Waals surface area contributed by atoms with Crippen LogP contribution in [-0.2, 0) is 0 Å². The van der Waals surface area contributed by atoms with Gasteiger partial charge in [-0.3, -0.25) is 0 Å². The van der Waals surface area contributed by atoms with E-state index in [9.17, 15) is 10.2 Å². The Balaban J connectivity index is 3.24. The van der Waals surface area contributed by atoms with Gasteiger partial charge in [0.15, 0.2) is 0 Å². The van der Waals surface area contributed by atoms with E-state index < -0.39 is 0 Å². The van der Waals surface area contributed by atoms with Crippen molar-refractivity contribution in [1.29, 1.82) is 0 Å². The molecule has 0 aliphatic heterocycles. The number of rotatable bonds is 11. The minimum Gasteiger partial charge on any atom is -0.392 e. The van der Waals surface area contributed by atoms with E-state index in [1.165, 1.54) is 0 Å². The van der Waals surface area contributed by atoms with E-state index in [0.717, 1.165) is 50.0 Å². The van der Waals surface area contributed by atoms with Crippen LogP contribution >= 0.6 is 21.6 Å². The van der Waals surface area contributed by atoms with Crippen molar-refractivity contribution in [2.24, 2.45) is 0 Å². The first-order valence-electron chi connectivity index (χ1n) is 6.31. The monoisotopic (exact) mass is 266 g/mol. The second kappa shape index (κ2) is 12.1. The molecule has 0 aromatic rings. The predicted molar refractivity (Wildman–Crippen MR) is 76.0 cm³/mol. The van der Waals surface area contributed by atoms with Crippen molar-refractivity contribution in [2.75, 3.05) is 11.5 Å². The predicted octanol–water partition coefficient (Wildman–Crippen LogP) is 3.47. The maximum Gasteiger partial charge on any atom is 0.0639 e. The summed E-state index contributed by atoms with van der Waals surface area (Å²) in [6.45, 7) is 4.28. The summed E-state index contributed by atoms with van der Waals surface area (Å²) in [5, 5.41) is 19.2. The van der Waals surface area contributed by atoms with Crippen LogP contribution in [-0.4, -0.2) is 33.9 Å². The third kappa shape index (κ3) is 11.1. The highest BCUT2D eigenvalue weighted by Gasteiger charge is 2.06. The Labute approximate surface area is 108 Å². The Hall–Kier alpha value is 0.620. The Bertz CT molecular complexity index is 129. The second-order valence-corrected chi connectivity index (χ2v) is 6.71. The van der Waals surface area contributed by atoms with Gasteiger partial charge in [-0.1, -0.05) is 61.1 Å². The number of aliphatic hydroxyl groups excluding tert-OH is 2. The molecule has 0 saturated carbocycles. The molecule has 2 unspecified atom stereocenters. The van der Waals surface area contributed by atoms with Gasteiger partial charge in [-0.15, -0.1) is 0 Å². The van der Waals surface area contributed by atoms with Crippen molar-refractivity contribution >= 4 is 21.6 Å². The summed E-state index contributed by atoms with van der Waals surface area (Å²) in [5.41, 5.74) is 0. The molecule has 2 N–H and O–H groups in total. The van der Waals surface area contributed by atoms with Gasteiger partial charge in [-0.25, -0.2) is 0 Å². The molecule has 0 saturated heterocycles. The minimum atomic E-state index is -0.176. The zero-order valence-electron chi connectivity index (χ0n) is 10.5. The molecule has 0 radical (unpaired) electrons. The summed E-state index contributed by atoms with van der Waals surface area (Å²) in [6, 6.07) is 0. The molecular weight excluding hydrogens is 240 g/mol. The van der Waals surface area contributed by atoms with Crippen molar-refractivity contribution in [3.63, 3.8) is 0 Å². The maximum absolute atomic E-state index is 9.59. The molecule has 0 rings (SSSR count). The van der Waals surface area contributed by atoms with Crippen LogP contribution in [0, 0.1) is 0 Å². The van der Waals surface area contributed by atoms with Gasteiger partial charge in [-0.05, 0) is 12.8 Å². The van der Waals surface area contributed by atoms with E-state index in [2.05, 4.69) is 13.8 Å². The van der Waals surface area contributed by atoms with Crippen LogP contribution in [0.3, 0.4) is 0 Å². The Morgan fingerprint density at radius 2 is 1.19 bits per heavy atom. The van der Waals surface area contributed by atoms with Crippen LogP contribution in [0.5, 0.6) is 0 Å². The highest BCUT2D eigenvalue weighted by atomic mass is 33.1. The first kappa shape index (κ1) is 16.6. The lowest BCUT2D eigenvalue weighted by Gasteiger charge is -2.11. The van der Waals surface area contributed by atoms with Gasteiger partial charge in [0.2, 0.25) is 0 Å². The summed E-state index contributed by atoms with van der Waals surface area (Å²) in [5.74, 6) is 1.57. The highest BCUT2D eigenvalue weighted by molar-refractivity contribution is 8.76. The quantitative estimate of drug-likeness (QED) is 0.444. The normalized spacial score (nSPS) is 15.0. The van der Waals surface area contributed by atoms with Gasteiger partial charge in [0.1, 0.15) is 0 Å². The van der Waals surface area contributed by atoms with Crippen LogP contribution in [0.15, 0.2) is 0 Å². The summed E-state index contributed by atoms with van der Waals surface area (Å²) in [7, 11) is 3.36. The highest BCUT2D eigenvalue weighted by Crippen LogP contribution is 2.24. The van der Waals surface area contributed by atoms with Crippen molar-refractivity contribution in [3.05, 3.63) is 0 Å². The summed E-state index contributed by atoms with van der Waals surface area (Å²) < 4.78 is 0. The van der Waals surface area contributed by atoms with E-state index in [0.29, 0.717) is 0 Å². The average Bonchev–Trinajstić information content (AvgIpc) is 2.29. The first-order chi connectivity index (χ1) is 7.70. The van der Waals surface area contributed by atoms with Gasteiger partial charge in [0.25, 0.3) is 0 Å². The zero-order chi connectivity index (χ0) is 12.2. The molecule has 0 aromatic carbocycles. The van der Waals surface area contributed by atoms with E-state index in [1.807, 2.05) is 0 Å². The molecule has 4 heteroatoms. The van der Waals surface area contributed by atoms with Crippen molar-refractivity contribution in [3.8, 4) is 0 Å². The largest absolute Gasteiger partial charge is 0.392 e. The summed E-state index contributed by atoms with van der Waals surface area (Å²) >= 11 is 0. The van der Waals surface area contributed by atoms with Gasteiger partial charge >= 0.3 is 0 Å². The fraction of sp³-hybridized carbons (Fsp3) is 1.00. The van der Waals surface area contributed by atoms with Crippen LogP contribution in [0.2, 0.25) is 0 Å². The standard InChI is InChI=1S/C12H26O2S2/c1-3-5-7-11(13)9-15-16-10-12(14)8-6-4-2/h11-14H,3-10H2,1-2H3. The lowest BCUT2D eigenvalue weighted by atomic mass is 10.2. The molecule has 0 spiro atoms. The van der Waals surface area contributed by atoms with Gasteiger partial charge in [0, 0.05) is 11.5 Å². The SMILES string of the molecule is CCCCC(O)CSSCC(O)CCCC. The molecule has 0 heterocycles. The van der Waals surface area contributed by atoms with Gasteiger partial charge in [-0.2, -0.15) is 0 Å². The van der Waals surface area contributed by atoms with E-state index >= 15 is 0 Å². The molecule has 0 fully saturated rings. The molecule has 98 valence electrons. The third-order valence-electron chi connectivity index (χ3n) is 2.39. The number of unbranched alkanes of at least 4 members (excludes halogenated alkanes) is 2. The third-order valence-corrected chi connectivity index (χ3v) is 4.91. The molecule has 0 aromatic heterocycles. The number of hydrogen-bond acceptors (Lipinski definition) is 4. The van der Waals surface area contributed by atoms with Crippen LogP contribution < -0.4 is 0 Å². The van der Waals surface area contributed by atoms with Crippen LogP contribution in [0.25, 0.3) is 0 Å². The van der Waals surface area contributed by atoms with E-state index in [1.54, 1.807) is 21.6 Å². The molecular formula is C12H26O2S2. The fourth-order valence-electron chi connectivity index (χ4n) is 1.30. The maximum atomic E-state index is 9.59. The molecule has 16 heavy (non-hydrogen) atoms. The van der Waals surface area contributed by atoms with Crippen molar-refractivity contribution in [1.82, 2.24) is 0 Å². The van der Waals surface area contributed by atoms with E-state index in [4.69, 9.17) is 0 Å². The molecule has 0 amide bonds. The Morgan fingerprint density at radius 3 is 1.50 bits per heavy atom. The topological polar surface area (TPSA) is 40.5 Å².